The van der Waals surface area contributed by atoms with Crippen LogP contribution in [0.15, 0.2) is 17.5 Å². The molecule has 0 N–H and O–H groups in total. The molecule has 0 saturated carbocycles. The van der Waals surface area contributed by atoms with Gasteiger partial charge < -0.3 is 0 Å². The van der Waals surface area contributed by atoms with Crippen LogP contribution in [0.3, 0.4) is 0 Å². The van der Waals surface area contributed by atoms with Crippen LogP contribution >= 0.6 is 11.3 Å². The number of rotatable bonds is 6. The van der Waals surface area contributed by atoms with E-state index in [2.05, 4.69) is 12.1 Å². The van der Waals surface area contributed by atoms with Crippen LogP contribution in [0, 0.1) is 23.2 Å². The van der Waals surface area contributed by atoms with Crippen LogP contribution in [0.2, 0.25) is 0 Å². The van der Waals surface area contributed by atoms with Gasteiger partial charge in [-0.25, -0.2) is 0 Å². The molecule has 0 aliphatic carbocycles. The lowest BCUT2D eigenvalue weighted by atomic mass is 9.90. The molecule has 0 fully saturated rings. The molecule has 2 nitrogen and oxygen atoms in total. The van der Waals surface area contributed by atoms with E-state index in [1.54, 1.807) is 11.3 Å². The number of carbonyl (C=O) groups excluding carboxylic acids is 1. The summed E-state index contributed by atoms with van der Waals surface area (Å²) < 4.78 is 0. The van der Waals surface area contributed by atoms with Crippen molar-refractivity contribution in [3.05, 3.63) is 22.4 Å². The number of nitriles is 1. The molecule has 0 bridgehead atoms. The van der Waals surface area contributed by atoms with Gasteiger partial charge in [-0.2, -0.15) is 5.26 Å². The molecule has 1 rings (SSSR count). The normalized spacial score (nSPS) is 12.4. The minimum atomic E-state index is -0.427. The highest BCUT2D eigenvalue weighted by atomic mass is 32.1. The van der Waals surface area contributed by atoms with Gasteiger partial charge in [-0.05, 0) is 30.2 Å². The fourth-order valence-corrected chi connectivity index (χ4v) is 2.39. The van der Waals surface area contributed by atoms with Gasteiger partial charge in [0.1, 0.15) is 11.7 Å². The van der Waals surface area contributed by atoms with E-state index in [1.165, 1.54) is 4.88 Å². The fourth-order valence-electron chi connectivity index (χ4n) is 1.64. The lowest BCUT2D eigenvalue weighted by Gasteiger charge is -2.10. The summed E-state index contributed by atoms with van der Waals surface area (Å²) in [6.07, 6.45) is 2.32. The lowest BCUT2D eigenvalue weighted by molar-refractivity contribution is -0.122. The Labute approximate surface area is 101 Å². The molecule has 0 spiro atoms. The van der Waals surface area contributed by atoms with Crippen LogP contribution < -0.4 is 0 Å². The molecule has 3 heteroatoms. The van der Waals surface area contributed by atoms with E-state index in [0.717, 1.165) is 12.8 Å². The van der Waals surface area contributed by atoms with Crippen molar-refractivity contribution in [3.63, 3.8) is 0 Å². The summed E-state index contributed by atoms with van der Waals surface area (Å²) in [6.45, 7) is 3.84. The summed E-state index contributed by atoms with van der Waals surface area (Å²) in [4.78, 5) is 13.0. The van der Waals surface area contributed by atoms with Crippen LogP contribution in [-0.4, -0.2) is 5.78 Å². The quantitative estimate of drug-likeness (QED) is 0.758. The Morgan fingerprint density at radius 3 is 2.81 bits per heavy atom. The number of nitrogens with zero attached hydrogens (tertiary/aromatic N) is 1. The zero-order valence-electron chi connectivity index (χ0n) is 9.77. The van der Waals surface area contributed by atoms with Crippen molar-refractivity contribution >= 4 is 17.1 Å². The smallest absolute Gasteiger partial charge is 0.150 e. The molecule has 86 valence electrons. The summed E-state index contributed by atoms with van der Waals surface area (Å²) >= 11 is 1.72. The van der Waals surface area contributed by atoms with Crippen molar-refractivity contribution in [3.8, 4) is 6.07 Å². The first-order chi connectivity index (χ1) is 7.65. The molecule has 0 saturated heterocycles. The molecular formula is C13H17NOS. The lowest BCUT2D eigenvalue weighted by Crippen LogP contribution is -2.18. The van der Waals surface area contributed by atoms with Gasteiger partial charge in [0.05, 0.1) is 6.07 Å². The maximum absolute atomic E-state index is 11.7. The number of thiophene rings is 1. The van der Waals surface area contributed by atoms with Gasteiger partial charge >= 0.3 is 0 Å². The SMILES string of the molecule is CC(C)C(C#N)C(=O)CCCc1cccs1. The minimum absolute atomic E-state index is 0.0917. The molecule has 1 aromatic heterocycles. The van der Waals surface area contributed by atoms with Crippen molar-refractivity contribution < 1.29 is 4.79 Å². The van der Waals surface area contributed by atoms with Gasteiger partial charge in [0.15, 0.2) is 0 Å². The van der Waals surface area contributed by atoms with E-state index in [4.69, 9.17) is 5.26 Å². The second-order valence-corrected chi connectivity index (χ2v) is 5.28. The summed E-state index contributed by atoms with van der Waals surface area (Å²) in [6, 6.07) is 6.20. The Balaban J connectivity index is 2.33. The third kappa shape index (κ3) is 3.79. The van der Waals surface area contributed by atoms with E-state index in [9.17, 15) is 4.79 Å². The highest BCUT2D eigenvalue weighted by Gasteiger charge is 2.20. The van der Waals surface area contributed by atoms with E-state index in [-0.39, 0.29) is 11.7 Å². The van der Waals surface area contributed by atoms with E-state index in [1.807, 2.05) is 25.3 Å². The molecule has 1 heterocycles. The largest absolute Gasteiger partial charge is 0.298 e. The Kier molecular flexibility index (Phi) is 5.21. The number of hydrogen-bond acceptors (Lipinski definition) is 3. The number of Topliss-reactive ketones (excluding diaryl/α,β-unsaturated/α-hetero) is 1. The monoisotopic (exact) mass is 235 g/mol. The summed E-state index contributed by atoms with van der Waals surface area (Å²) in [5, 5.41) is 10.9. The minimum Gasteiger partial charge on any atom is -0.298 e. The molecule has 0 amide bonds. The number of aryl methyl sites for hydroxylation is 1. The van der Waals surface area contributed by atoms with Crippen molar-refractivity contribution in [1.29, 1.82) is 5.26 Å². The predicted molar refractivity (Wildman–Crippen MR) is 66.2 cm³/mol. The van der Waals surface area contributed by atoms with Crippen LogP contribution in [0.5, 0.6) is 0 Å². The Hall–Kier alpha value is -1.14. The molecule has 0 aliphatic rings. The number of ketones is 1. The van der Waals surface area contributed by atoms with E-state index >= 15 is 0 Å². The average Bonchev–Trinajstić information content (AvgIpc) is 2.71. The second-order valence-electron chi connectivity index (χ2n) is 4.25. The Morgan fingerprint density at radius 2 is 2.31 bits per heavy atom. The summed E-state index contributed by atoms with van der Waals surface area (Å²) in [7, 11) is 0. The van der Waals surface area contributed by atoms with Gasteiger partial charge in [0, 0.05) is 11.3 Å². The van der Waals surface area contributed by atoms with Crippen molar-refractivity contribution in [2.75, 3.05) is 0 Å². The molecule has 1 atom stereocenters. The summed E-state index contributed by atoms with van der Waals surface area (Å²) in [5.41, 5.74) is 0. The first-order valence-corrected chi connectivity index (χ1v) is 6.48. The molecule has 1 unspecified atom stereocenters. The molecule has 0 aliphatic heterocycles. The highest BCUT2D eigenvalue weighted by Crippen LogP contribution is 2.16. The maximum atomic E-state index is 11.7. The third-order valence-corrected chi connectivity index (χ3v) is 3.52. The fraction of sp³-hybridized carbons (Fsp3) is 0.538. The molecule has 0 radical (unpaired) electrons. The number of hydrogen-bond donors (Lipinski definition) is 0. The molecular weight excluding hydrogens is 218 g/mol. The van der Waals surface area contributed by atoms with Crippen LogP contribution in [-0.2, 0) is 11.2 Å². The highest BCUT2D eigenvalue weighted by molar-refractivity contribution is 7.09. The molecule has 16 heavy (non-hydrogen) atoms. The topological polar surface area (TPSA) is 40.9 Å². The van der Waals surface area contributed by atoms with Gasteiger partial charge in [0.2, 0.25) is 0 Å². The van der Waals surface area contributed by atoms with Crippen molar-refractivity contribution in [2.45, 2.75) is 33.1 Å². The van der Waals surface area contributed by atoms with E-state index in [0.29, 0.717) is 6.42 Å². The maximum Gasteiger partial charge on any atom is 0.150 e. The van der Waals surface area contributed by atoms with Crippen LogP contribution in [0.1, 0.15) is 31.6 Å². The summed E-state index contributed by atoms with van der Waals surface area (Å²) in [5.74, 6) is -0.211. The van der Waals surface area contributed by atoms with Crippen molar-refractivity contribution in [2.24, 2.45) is 11.8 Å². The second kappa shape index (κ2) is 6.44. The third-order valence-electron chi connectivity index (χ3n) is 2.58. The van der Waals surface area contributed by atoms with Gasteiger partial charge in [0.25, 0.3) is 0 Å². The standard InChI is InChI=1S/C13H17NOS/c1-10(2)12(9-14)13(15)7-3-5-11-6-4-8-16-11/h4,6,8,10,12H,3,5,7H2,1-2H3. The first kappa shape index (κ1) is 12.9. The number of carbonyl (C=O) groups is 1. The average molecular weight is 235 g/mol. The first-order valence-electron chi connectivity index (χ1n) is 5.60. The van der Waals surface area contributed by atoms with Gasteiger partial charge in [-0.1, -0.05) is 19.9 Å². The van der Waals surface area contributed by atoms with Gasteiger partial charge in [-0.15, -0.1) is 11.3 Å². The van der Waals surface area contributed by atoms with Crippen molar-refractivity contribution in [1.82, 2.24) is 0 Å². The van der Waals surface area contributed by atoms with Crippen LogP contribution in [0.4, 0.5) is 0 Å². The Morgan fingerprint density at radius 1 is 1.56 bits per heavy atom. The van der Waals surface area contributed by atoms with Gasteiger partial charge in [-0.3, -0.25) is 4.79 Å². The Bertz CT molecular complexity index is 362. The van der Waals surface area contributed by atoms with Crippen LogP contribution in [0.25, 0.3) is 0 Å². The zero-order valence-corrected chi connectivity index (χ0v) is 10.6. The zero-order chi connectivity index (χ0) is 12.0. The molecule has 1 aromatic rings. The predicted octanol–water partition coefficient (Wildman–Crippen LogP) is 3.44. The molecule has 0 aromatic carbocycles. The van der Waals surface area contributed by atoms with E-state index < -0.39 is 5.92 Å².